The van der Waals surface area contributed by atoms with Crippen molar-refractivity contribution in [3.05, 3.63) is 38.9 Å². The second kappa shape index (κ2) is 5.67. The van der Waals surface area contributed by atoms with Gasteiger partial charge in [-0.1, -0.05) is 18.5 Å². The Morgan fingerprint density at radius 3 is 2.84 bits per heavy atom. The van der Waals surface area contributed by atoms with Gasteiger partial charge in [0.2, 0.25) is 0 Å². The molecule has 0 amide bonds. The molecular formula is C13H15ClN2O3. The van der Waals surface area contributed by atoms with E-state index in [-0.39, 0.29) is 11.6 Å². The molecule has 0 aromatic heterocycles. The van der Waals surface area contributed by atoms with Gasteiger partial charge in [0.1, 0.15) is 5.78 Å². The third-order valence-electron chi connectivity index (χ3n) is 3.40. The first kappa shape index (κ1) is 14.0. The van der Waals surface area contributed by atoms with Crippen molar-refractivity contribution in [3.63, 3.8) is 0 Å². The first-order valence-electron chi connectivity index (χ1n) is 6.15. The quantitative estimate of drug-likeness (QED) is 0.631. The molecule has 19 heavy (non-hydrogen) atoms. The molecule has 0 aliphatic carbocycles. The van der Waals surface area contributed by atoms with Crippen LogP contribution in [0.4, 0.5) is 5.69 Å². The van der Waals surface area contributed by atoms with Crippen LogP contribution in [-0.2, 0) is 11.3 Å². The first-order valence-corrected chi connectivity index (χ1v) is 6.53. The van der Waals surface area contributed by atoms with Crippen LogP contribution in [0.2, 0.25) is 5.02 Å². The fourth-order valence-corrected chi connectivity index (χ4v) is 2.49. The van der Waals surface area contributed by atoms with E-state index in [1.165, 1.54) is 12.1 Å². The predicted molar refractivity (Wildman–Crippen MR) is 72.2 cm³/mol. The lowest BCUT2D eigenvalue weighted by Crippen LogP contribution is -2.39. The summed E-state index contributed by atoms with van der Waals surface area (Å²) in [5, 5.41) is 11.0. The molecule has 0 spiro atoms. The molecule has 102 valence electrons. The number of carbonyl (C=O) groups is 1. The largest absolute Gasteiger partial charge is 0.299 e. The van der Waals surface area contributed by atoms with Gasteiger partial charge in [0.15, 0.2) is 0 Å². The van der Waals surface area contributed by atoms with Crippen LogP contribution in [-0.4, -0.2) is 28.7 Å². The maximum absolute atomic E-state index is 11.5. The summed E-state index contributed by atoms with van der Waals surface area (Å²) < 4.78 is 0. The lowest BCUT2D eigenvalue weighted by atomic mass is 9.98. The summed E-state index contributed by atoms with van der Waals surface area (Å²) in [6.07, 6.45) is 0.561. The molecule has 1 fully saturated rings. The van der Waals surface area contributed by atoms with Crippen molar-refractivity contribution in [2.75, 3.05) is 13.1 Å². The van der Waals surface area contributed by atoms with Crippen molar-refractivity contribution in [2.45, 2.75) is 19.9 Å². The van der Waals surface area contributed by atoms with E-state index in [9.17, 15) is 14.9 Å². The number of nitro benzene ring substituents is 1. The number of ketones is 1. The number of hydrogen-bond donors (Lipinski definition) is 0. The monoisotopic (exact) mass is 282 g/mol. The Morgan fingerprint density at radius 1 is 1.53 bits per heavy atom. The molecule has 1 heterocycles. The van der Waals surface area contributed by atoms with Crippen molar-refractivity contribution in [1.82, 2.24) is 4.90 Å². The van der Waals surface area contributed by atoms with E-state index in [0.717, 1.165) is 12.1 Å². The number of Topliss-reactive ketones (excluding diaryl/α,β-unsaturated/α-hetero) is 1. The van der Waals surface area contributed by atoms with E-state index in [0.29, 0.717) is 30.3 Å². The molecule has 0 bridgehead atoms. The molecule has 0 saturated carbocycles. The number of likely N-dealkylation sites (tertiary alicyclic amines) is 1. The molecule has 1 aromatic carbocycles. The maximum atomic E-state index is 11.5. The summed E-state index contributed by atoms with van der Waals surface area (Å²) in [6.45, 7) is 3.98. The topological polar surface area (TPSA) is 63.4 Å². The minimum absolute atomic E-state index is 0.00376. The van der Waals surface area contributed by atoms with Gasteiger partial charge in [-0.15, -0.1) is 0 Å². The van der Waals surface area contributed by atoms with Crippen LogP contribution in [0.15, 0.2) is 18.2 Å². The molecule has 5 nitrogen and oxygen atoms in total. The van der Waals surface area contributed by atoms with Gasteiger partial charge < -0.3 is 0 Å². The Morgan fingerprint density at radius 2 is 2.26 bits per heavy atom. The zero-order valence-electron chi connectivity index (χ0n) is 10.6. The van der Waals surface area contributed by atoms with E-state index < -0.39 is 4.92 Å². The number of piperidine rings is 1. The number of rotatable bonds is 3. The highest BCUT2D eigenvalue weighted by molar-refractivity contribution is 6.31. The summed E-state index contributed by atoms with van der Waals surface area (Å²) >= 11 is 6.06. The number of nitro groups is 1. The molecule has 6 heteroatoms. The summed E-state index contributed by atoms with van der Waals surface area (Å²) in [6, 6.07) is 4.51. The van der Waals surface area contributed by atoms with E-state index in [2.05, 4.69) is 4.90 Å². The summed E-state index contributed by atoms with van der Waals surface area (Å²) in [5.74, 6) is 0.344. The van der Waals surface area contributed by atoms with Gasteiger partial charge in [-0.05, 0) is 11.6 Å². The molecule has 1 aliphatic heterocycles. The fraction of sp³-hybridized carbons (Fsp3) is 0.462. The Balaban J connectivity index is 2.07. The fourth-order valence-electron chi connectivity index (χ4n) is 2.26. The van der Waals surface area contributed by atoms with Gasteiger partial charge in [0.25, 0.3) is 5.69 Å². The lowest BCUT2D eigenvalue weighted by molar-refractivity contribution is -0.384. The maximum Gasteiger partial charge on any atom is 0.270 e. The Bertz CT molecular complexity index is 519. The molecule has 1 aliphatic rings. The van der Waals surface area contributed by atoms with Gasteiger partial charge in [-0.2, -0.15) is 0 Å². The molecule has 1 aromatic rings. The van der Waals surface area contributed by atoms with Crippen LogP contribution in [0, 0.1) is 16.0 Å². The number of benzene rings is 1. The van der Waals surface area contributed by atoms with Crippen LogP contribution >= 0.6 is 11.6 Å². The zero-order valence-corrected chi connectivity index (χ0v) is 11.4. The highest BCUT2D eigenvalue weighted by Gasteiger charge is 2.24. The average molecular weight is 283 g/mol. The normalized spacial score (nSPS) is 20.5. The molecule has 1 atom stereocenters. The molecule has 0 N–H and O–H groups in total. The van der Waals surface area contributed by atoms with Crippen molar-refractivity contribution < 1.29 is 9.72 Å². The number of non-ortho nitro benzene ring substituents is 1. The van der Waals surface area contributed by atoms with Crippen molar-refractivity contribution in [1.29, 1.82) is 0 Å². The van der Waals surface area contributed by atoms with Crippen molar-refractivity contribution >= 4 is 23.1 Å². The molecular weight excluding hydrogens is 268 g/mol. The number of halogens is 1. The first-order chi connectivity index (χ1) is 8.97. The minimum atomic E-state index is -0.461. The third kappa shape index (κ3) is 3.30. The molecule has 1 unspecified atom stereocenters. The Hall–Kier alpha value is -1.46. The lowest BCUT2D eigenvalue weighted by Gasteiger charge is -2.30. The van der Waals surface area contributed by atoms with Crippen molar-refractivity contribution in [2.24, 2.45) is 5.92 Å². The van der Waals surface area contributed by atoms with Crippen molar-refractivity contribution in [3.8, 4) is 0 Å². The average Bonchev–Trinajstić information content (AvgIpc) is 2.36. The van der Waals surface area contributed by atoms with Gasteiger partial charge in [-0.3, -0.25) is 19.8 Å². The smallest absolute Gasteiger partial charge is 0.270 e. The zero-order chi connectivity index (χ0) is 14.0. The van der Waals surface area contributed by atoms with E-state index in [4.69, 9.17) is 11.6 Å². The summed E-state index contributed by atoms with van der Waals surface area (Å²) in [5.41, 5.74) is 0.852. The molecule has 1 saturated heterocycles. The number of hydrogen-bond acceptors (Lipinski definition) is 4. The van der Waals surface area contributed by atoms with Gasteiger partial charge in [0, 0.05) is 44.1 Å². The second-order valence-corrected chi connectivity index (χ2v) is 5.29. The predicted octanol–water partition coefficient (Wildman–Crippen LogP) is 2.66. The van der Waals surface area contributed by atoms with Crippen LogP contribution in [0.3, 0.4) is 0 Å². The van der Waals surface area contributed by atoms with Crippen LogP contribution in [0.25, 0.3) is 0 Å². The molecule has 2 rings (SSSR count). The number of nitrogens with zero attached hydrogens (tertiary/aromatic N) is 2. The van der Waals surface area contributed by atoms with E-state index >= 15 is 0 Å². The Labute approximate surface area is 116 Å². The minimum Gasteiger partial charge on any atom is -0.299 e. The van der Waals surface area contributed by atoms with Crippen LogP contribution in [0.1, 0.15) is 18.9 Å². The van der Waals surface area contributed by atoms with Crippen LogP contribution < -0.4 is 0 Å². The van der Waals surface area contributed by atoms with E-state index in [1.54, 1.807) is 6.07 Å². The standard InChI is InChI=1S/C13H15ClN2O3/c1-9-7-15(5-4-13(9)17)8-10-2-3-11(16(18)19)6-12(10)14/h2-3,6,9H,4-5,7-8H2,1H3. The van der Waals surface area contributed by atoms with E-state index in [1.807, 2.05) is 6.92 Å². The molecule has 0 radical (unpaired) electrons. The SMILES string of the molecule is CC1CN(Cc2ccc([N+](=O)[O-])cc2Cl)CCC1=O. The van der Waals surface area contributed by atoms with Crippen LogP contribution in [0.5, 0.6) is 0 Å². The highest BCUT2D eigenvalue weighted by atomic mass is 35.5. The summed E-state index contributed by atoms with van der Waals surface area (Å²) in [4.78, 5) is 23.8. The third-order valence-corrected chi connectivity index (χ3v) is 3.75. The highest BCUT2D eigenvalue weighted by Crippen LogP contribution is 2.25. The van der Waals surface area contributed by atoms with Gasteiger partial charge >= 0.3 is 0 Å². The Kier molecular flexibility index (Phi) is 4.17. The number of carbonyl (C=O) groups excluding carboxylic acids is 1. The second-order valence-electron chi connectivity index (χ2n) is 4.89. The summed E-state index contributed by atoms with van der Waals surface area (Å²) in [7, 11) is 0. The van der Waals surface area contributed by atoms with Gasteiger partial charge in [-0.25, -0.2) is 0 Å². The van der Waals surface area contributed by atoms with Gasteiger partial charge in [0.05, 0.1) is 9.95 Å².